The van der Waals surface area contributed by atoms with Crippen molar-refractivity contribution in [2.75, 3.05) is 16.6 Å². The zero-order chi connectivity index (χ0) is 40.2. The van der Waals surface area contributed by atoms with Crippen molar-refractivity contribution in [3.8, 4) is 17.1 Å². The molecule has 1 aliphatic heterocycles. The Labute approximate surface area is 326 Å². The Morgan fingerprint density at radius 3 is 2.46 bits per heavy atom. The average molecular weight is 782 g/mol. The van der Waals surface area contributed by atoms with Gasteiger partial charge >= 0.3 is 6.09 Å². The zero-order valence-electron chi connectivity index (χ0n) is 32.9. The summed E-state index contributed by atoms with van der Waals surface area (Å²) in [6.07, 6.45) is 3.43. The molecular weight excluding hydrogens is 735 g/mol. The van der Waals surface area contributed by atoms with Crippen LogP contribution in [0, 0.1) is 19.3 Å². The maximum atomic E-state index is 14.7. The van der Waals surface area contributed by atoms with Gasteiger partial charge in [-0.2, -0.15) is 4.98 Å². The molecule has 2 N–H and O–H groups in total. The molecule has 7 rings (SSSR count). The fourth-order valence-electron chi connectivity index (χ4n) is 6.93. The van der Waals surface area contributed by atoms with Gasteiger partial charge < -0.3 is 18.8 Å². The lowest BCUT2D eigenvalue weighted by Crippen LogP contribution is -2.44. The largest absolute Gasteiger partial charge is 0.475 e. The van der Waals surface area contributed by atoms with Gasteiger partial charge in [-0.1, -0.05) is 45.0 Å². The summed E-state index contributed by atoms with van der Waals surface area (Å²) in [7, 11) is -4.24. The maximum absolute atomic E-state index is 14.7. The Balaban J connectivity index is 1.33. The number of nitrogens with zero attached hydrogens (tertiary/aromatic N) is 5. The minimum Gasteiger partial charge on any atom is -0.475 e. The number of benzene rings is 2. The summed E-state index contributed by atoms with van der Waals surface area (Å²) in [5.74, 6) is -0.0727. The fraction of sp³-hybridized carbons (Fsp3) is 0.415. The quantitative estimate of drug-likeness (QED) is 0.163. The van der Waals surface area contributed by atoms with Crippen molar-refractivity contribution in [2.45, 2.75) is 104 Å². The van der Waals surface area contributed by atoms with Crippen molar-refractivity contribution in [2.24, 2.45) is 5.41 Å². The Hall–Kier alpha value is -5.57. The van der Waals surface area contributed by atoms with Crippen LogP contribution in [0.15, 0.2) is 64.0 Å². The number of anilines is 2. The Morgan fingerprint density at radius 2 is 1.79 bits per heavy atom. The van der Waals surface area contributed by atoms with Gasteiger partial charge in [0.15, 0.2) is 5.52 Å². The van der Waals surface area contributed by atoms with Crippen LogP contribution in [-0.2, 0) is 21.3 Å². The number of hydrogen-bond acceptors (Lipinski definition) is 11. The highest BCUT2D eigenvalue weighted by molar-refractivity contribution is 7.92. The van der Waals surface area contributed by atoms with E-state index in [1.54, 1.807) is 37.8 Å². The van der Waals surface area contributed by atoms with Gasteiger partial charge in [-0.25, -0.2) is 32.9 Å². The molecule has 4 bridgehead atoms. The van der Waals surface area contributed by atoms with Crippen LogP contribution in [0.4, 0.5) is 16.4 Å². The first-order chi connectivity index (χ1) is 26.4. The Bertz CT molecular complexity index is 2430. The van der Waals surface area contributed by atoms with Crippen LogP contribution >= 0.6 is 0 Å². The number of hydrogen-bond donors (Lipinski definition) is 2. The highest BCUT2D eigenvalue weighted by atomic mass is 32.2. The number of furan rings is 1. The van der Waals surface area contributed by atoms with Crippen LogP contribution in [0.5, 0.6) is 5.88 Å². The van der Waals surface area contributed by atoms with E-state index in [9.17, 15) is 18.0 Å². The number of aryl methyl sites for hydroxylation is 2. The molecule has 2 amide bonds. The van der Waals surface area contributed by atoms with E-state index >= 15 is 0 Å². The minimum absolute atomic E-state index is 0.0160. The number of carbonyl (C=O) groups excluding carboxylic acids is 2. The third kappa shape index (κ3) is 8.32. The third-order valence-corrected chi connectivity index (χ3v) is 11.3. The molecule has 1 aliphatic carbocycles. The van der Waals surface area contributed by atoms with E-state index in [1.165, 1.54) is 24.4 Å². The second kappa shape index (κ2) is 14.5. The number of amides is 2. The van der Waals surface area contributed by atoms with Gasteiger partial charge in [0.2, 0.25) is 17.5 Å². The summed E-state index contributed by atoms with van der Waals surface area (Å²) >= 11 is 0. The van der Waals surface area contributed by atoms with E-state index < -0.39 is 33.7 Å². The predicted molar refractivity (Wildman–Crippen MR) is 211 cm³/mol. The zero-order valence-corrected chi connectivity index (χ0v) is 33.7. The highest BCUT2D eigenvalue weighted by Gasteiger charge is 2.42. The molecule has 294 valence electrons. The predicted octanol–water partition coefficient (Wildman–Crippen LogP) is 8.16. The molecule has 0 unspecified atom stereocenters. The molecule has 1 fully saturated rings. The van der Waals surface area contributed by atoms with E-state index in [-0.39, 0.29) is 52.5 Å². The van der Waals surface area contributed by atoms with Crippen LogP contribution in [0.2, 0.25) is 0 Å². The molecule has 14 nitrogen and oxygen atoms in total. The molecule has 5 aromatic rings. The molecule has 2 aromatic carbocycles. The van der Waals surface area contributed by atoms with Crippen LogP contribution in [0.3, 0.4) is 0 Å². The van der Waals surface area contributed by atoms with Crippen LogP contribution in [0.25, 0.3) is 22.5 Å². The molecule has 1 atom stereocenters. The topological polar surface area (TPSA) is 179 Å². The van der Waals surface area contributed by atoms with Crippen LogP contribution in [-0.4, -0.2) is 63.5 Å². The Morgan fingerprint density at radius 1 is 1.07 bits per heavy atom. The molecule has 0 radical (unpaired) electrons. The van der Waals surface area contributed by atoms with Gasteiger partial charge in [-0.05, 0) is 88.6 Å². The van der Waals surface area contributed by atoms with Crippen molar-refractivity contribution in [1.29, 1.82) is 0 Å². The van der Waals surface area contributed by atoms with Crippen molar-refractivity contribution < 1.29 is 31.9 Å². The summed E-state index contributed by atoms with van der Waals surface area (Å²) in [6.45, 7) is 15.3. The minimum atomic E-state index is -4.24. The normalized spacial score (nSPS) is 17.6. The van der Waals surface area contributed by atoms with Crippen LogP contribution < -0.4 is 14.8 Å². The first-order valence-electron chi connectivity index (χ1n) is 18.7. The lowest BCUT2D eigenvalue weighted by Gasteiger charge is -2.33. The van der Waals surface area contributed by atoms with Crippen molar-refractivity contribution in [3.63, 3.8) is 0 Å². The van der Waals surface area contributed by atoms with Gasteiger partial charge in [-0.3, -0.25) is 10.1 Å². The summed E-state index contributed by atoms with van der Waals surface area (Å²) < 4.78 is 48.2. The number of ether oxygens (including phenoxy) is 2. The number of nitrogens with one attached hydrogen (secondary N) is 2. The number of rotatable bonds is 7. The van der Waals surface area contributed by atoms with E-state index in [0.717, 1.165) is 29.5 Å². The average Bonchev–Trinajstić information content (AvgIpc) is 3.74. The van der Waals surface area contributed by atoms with E-state index in [2.05, 4.69) is 31.9 Å². The van der Waals surface area contributed by atoms with E-state index in [0.29, 0.717) is 34.8 Å². The molecule has 3 aromatic heterocycles. The van der Waals surface area contributed by atoms with Gasteiger partial charge in [0.05, 0.1) is 35.1 Å². The maximum Gasteiger partial charge on any atom is 0.412 e. The lowest BCUT2D eigenvalue weighted by molar-refractivity contribution is 0.0537. The SMILES string of the molecule is Cc1cccc(C)c1-c1cc2nc(n1)NS(=O)(=O)c1cccc(c1)C(=O)N(Cc1cnc3oc(C(C)C)c(NC(=O)OC(C)(C)C)c3n1)[C@H](CC1(C)CC1)CO2. The number of fused-ring (bicyclic) bond motifs is 5. The third-order valence-electron chi connectivity index (χ3n) is 9.98. The molecule has 0 saturated heterocycles. The van der Waals surface area contributed by atoms with Gasteiger partial charge in [0.25, 0.3) is 15.9 Å². The molecular formula is C41H47N7O7S. The summed E-state index contributed by atoms with van der Waals surface area (Å²) in [5.41, 5.74) is 3.89. The summed E-state index contributed by atoms with van der Waals surface area (Å²) in [6, 6.07) is 13.0. The lowest BCUT2D eigenvalue weighted by atomic mass is 9.97. The molecule has 1 saturated carbocycles. The fourth-order valence-corrected chi connectivity index (χ4v) is 7.92. The molecule has 0 spiro atoms. The van der Waals surface area contributed by atoms with E-state index in [1.807, 2.05) is 45.9 Å². The second-order valence-corrected chi connectivity index (χ2v) is 18.0. The Kier molecular flexibility index (Phi) is 10.0. The molecule has 56 heavy (non-hydrogen) atoms. The summed E-state index contributed by atoms with van der Waals surface area (Å²) in [4.78, 5) is 47.8. The smallest absolute Gasteiger partial charge is 0.412 e. The van der Waals surface area contributed by atoms with Crippen molar-refractivity contribution in [1.82, 2.24) is 24.8 Å². The van der Waals surface area contributed by atoms with E-state index in [4.69, 9.17) is 18.9 Å². The standard InChI is InChI=1S/C41H47N7O7S/c1-23(2)35-33(46-39(50)55-40(5,6)7)34-36(54-35)42-20-27(43-34)21-48-28(19-41(8)15-16-41)22-53-31-18-30(32-24(3)11-9-12-25(32)4)44-38(45-31)47-56(51,52)29-14-10-13-26(17-29)37(48)49/h9-14,17-18,20,23,28H,15-16,19,21-22H2,1-8H3,(H,46,50)(H,44,45,47)/t28-/m1/s1. The number of aromatic nitrogens is 4. The van der Waals surface area contributed by atoms with Crippen molar-refractivity contribution in [3.05, 3.63) is 82.9 Å². The highest BCUT2D eigenvalue weighted by Crippen LogP contribution is 2.50. The number of sulfonamides is 1. The van der Waals surface area contributed by atoms with Crippen LogP contribution in [0.1, 0.15) is 99.7 Å². The molecule has 4 heterocycles. The molecule has 2 aliphatic rings. The summed E-state index contributed by atoms with van der Waals surface area (Å²) in [5, 5.41) is 2.82. The van der Waals surface area contributed by atoms with Gasteiger partial charge in [-0.15, -0.1) is 0 Å². The van der Waals surface area contributed by atoms with Gasteiger partial charge in [0.1, 0.15) is 23.7 Å². The van der Waals surface area contributed by atoms with Crippen molar-refractivity contribution >= 4 is 44.9 Å². The monoisotopic (exact) mass is 781 g/mol. The first kappa shape index (κ1) is 38.7. The molecule has 15 heteroatoms. The number of carbonyl (C=O) groups is 2. The second-order valence-electron chi connectivity index (χ2n) is 16.4. The van der Waals surface area contributed by atoms with Gasteiger partial charge in [0, 0.05) is 23.1 Å². The first-order valence-corrected chi connectivity index (χ1v) is 20.2.